The first-order valence-electron chi connectivity index (χ1n) is 7.02. The van der Waals surface area contributed by atoms with Gasteiger partial charge in [-0.1, -0.05) is 6.07 Å². The van der Waals surface area contributed by atoms with Crippen molar-refractivity contribution < 1.29 is 9.59 Å². The van der Waals surface area contributed by atoms with Crippen LogP contribution in [0, 0.1) is 3.57 Å². The van der Waals surface area contributed by atoms with Gasteiger partial charge in [0.05, 0.1) is 0 Å². The summed E-state index contributed by atoms with van der Waals surface area (Å²) in [5.74, 6) is -0.0964. The summed E-state index contributed by atoms with van der Waals surface area (Å²) in [4.78, 5) is 25.6. The van der Waals surface area contributed by atoms with Crippen LogP contribution in [0.2, 0.25) is 0 Å². The zero-order valence-corrected chi connectivity index (χ0v) is 14.3. The van der Waals surface area contributed by atoms with E-state index in [0.29, 0.717) is 12.1 Å². The molecule has 0 aromatic heterocycles. The lowest BCUT2D eigenvalue weighted by molar-refractivity contribution is -0.116. The average Bonchev–Trinajstić information content (AvgIpc) is 2.90. The molecule has 1 aliphatic heterocycles. The fraction of sp³-hybridized carbons (Fsp3) is 0.176. The minimum Gasteiger partial charge on any atom is -0.322 e. The monoisotopic (exact) mass is 406 g/mol. The molecular weight excluding hydrogens is 391 g/mol. The van der Waals surface area contributed by atoms with E-state index in [1.165, 1.54) is 0 Å². The van der Waals surface area contributed by atoms with Crippen molar-refractivity contribution >= 4 is 45.8 Å². The predicted molar refractivity (Wildman–Crippen MR) is 95.3 cm³/mol. The van der Waals surface area contributed by atoms with E-state index in [1.807, 2.05) is 36.4 Å². The normalized spacial score (nSPS) is 12.9. The summed E-state index contributed by atoms with van der Waals surface area (Å²) < 4.78 is 1.07. The van der Waals surface area contributed by atoms with Crippen LogP contribution in [0.5, 0.6) is 0 Å². The van der Waals surface area contributed by atoms with E-state index in [-0.39, 0.29) is 11.8 Å². The Hall–Kier alpha value is -1.89. The number of anilines is 2. The number of carbonyl (C=O) groups excluding carboxylic acids is 2. The van der Waals surface area contributed by atoms with E-state index in [2.05, 4.69) is 27.9 Å². The van der Waals surface area contributed by atoms with Crippen LogP contribution in [0.15, 0.2) is 42.5 Å². The van der Waals surface area contributed by atoms with Crippen molar-refractivity contribution in [3.05, 3.63) is 57.2 Å². The lowest BCUT2D eigenvalue weighted by Crippen LogP contribution is -2.25. The van der Waals surface area contributed by atoms with Gasteiger partial charge in [-0.05, 0) is 71.0 Å². The highest BCUT2D eigenvalue weighted by atomic mass is 127. The van der Waals surface area contributed by atoms with Gasteiger partial charge >= 0.3 is 0 Å². The van der Waals surface area contributed by atoms with Gasteiger partial charge in [0.1, 0.15) is 0 Å². The summed E-state index contributed by atoms with van der Waals surface area (Å²) in [6.07, 6.45) is 0.791. The highest BCUT2D eigenvalue weighted by Crippen LogP contribution is 2.29. The Bertz CT molecular complexity index is 758. The standard InChI is InChI=1S/C17H15IN2O2/c1-11(21)20-8-7-12-9-13(5-6-16(12)20)17(22)19-15-4-2-3-14(18)10-15/h2-6,9-10H,7-8H2,1H3,(H,19,22). The molecule has 1 heterocycles. The Morgan fingerprint density at radius 3 is 2.73 bits per heavy atom. The van der Waals surface area contributed by atoms with Crippen LogP contribution in [0.4, 0.5) is 11.4 Å². The molecule has 1 aliphatic rings. The Morgan fingerprint density at radius 2 is 2.00 bits per heavy atom. The summed E-state index contributed by atoms with van der Waals surface area (Å²) in [6, 6.07) is 13.2. The second-order valence-electron chi connectivity index (χ2n) is 5.23. The van der Waals surface area contributed by atoms with Crippen molar-refractivity contribution in [2.45, 2.75) is 13.3 Å². The first-order valence-corrected chi connectivity index (χ1v) is 8.10. The molecule has 0 atom stereocenters. The number of hydrogen-bond acceptors (Lipinski definition) is 2. The number of carbonyl (C=O) groups is 2. The summed E-state index contributed by atoms with van der Waals surface area (Å²) in [5.41, 5.74) is 3.36. The minimum atomic E-state index is -0.133. The van der Waals surface area contributed by atoms with Crippen molar-refractivity contribution in [3.63, 3.8) is 0 Å². The summed E-state index contributed by atoms with van der Waals surface area (Å²) in [7, 11) is 0. The first kappa shape index (κ1) is 15.0. The van der Waals surface area contributed by atoms with Crippen molar-refractivity contribution in [1.82, 2.24) is 0 Å². The Kier molecular flexibility index (Phi) is 4.15. The maximum atomic E-state index is 12.3. The third-order valence-corrected chi connectivity index (χ3v) is 4.37. The average molecular weight is 406 g/mol. The molecule has 0 unspecified atom stereocenters. The quantitative estimate of drug-likeness (QED) is 0.777. The fourth-order valence-corrected chi connectivity index (χ4v) is 3.18. The highest BCUT2D eigenvalue weighted by molar-refractivity contribution is 14.1. The van der Waals surface area contributed by atoms with Crippen LogP contribution in [0.25, 0.3) is 0 Å². The van der Waals surface area contributed by atoms with Gasteiger partial charge in [0.2, 0.25) is 5.91 Å². The largest absolute Gasteiger partial charge is 0.322 e. The molecule has 0 saturated heterocycles. The highest BCUT2D eigenvalue weighted by Gasteiger charge is 2.23. The predicted octanol–water partition coefficient (Wildman–Crippen LogP) is 3.45. The van der Waals surface area contributed by atoms with Gasteiger partial charge < -0.3 is 10.2 Å². The van der Waals surface area contributed by atoms with Crippen LogP contribution in [-0.2, 0) is 11.2 Å². The molecule has 4 nitrogen and oxygen atoms in total. The molecule has 0 aliphatic carbocycles. The molecule has 2 aromatic rings. The third-order valence-electron chi connectivity index (χ3n) is 3.70. The minimum absolute atomic E-state index is 0.0369. The topological polar surface area (TPSA) is 49.4 Å². The number of halogens is 1. The van der Waals surface area contributed by atoms with Crippen LogP contribution < -0.4 is 10.2 Å². The van der Waals surface area contributed by atoms with Gasteiger partial charge in [-0.25, -0.2) is 0 Å². The lowest BCUT2D eigenvalue weighted by Gasteiger charge is -2.14. The van der Waals surface area contributed by atoms with Gasteiger partial charge in [0.25, 0.3) is 5.91 Å². The maximum absolute atomic E-state index is 12.3. The molecule has 0 saturated carbocycles. The second kappa shape index (κ2) is 6.08. The number of nitrogens with zero attached hydrogens (tertiary/aromatic N) is 1. The smallest absolute Gasteiger partial charge is 0.255 e. The maximum Gasteiger partial charge on any atom is 0.255 e. The molecule has 0 spiro atoms. The molecule has 3 rings (SSSR count). The molecule has 112 valence electrons. The van der Waals surface area contributed by atoms with E-state index in [0.717, 1.165) is 26.9 Å². The van der Waals surface area contributed by atoms with Crippen LogP contribution in [0.3, 0.4) is 0 Å². The molecule has 0 radical (unpaired) electrons. The molecule has 22 heavy (non-hydrogen) atoms. The van der Waals surface area contributed by atoms with E-state index in [9.17, 15) is 9.59 Å². The number of amides is 2. The van der Waals surface area contributed by atoms with Crippen molar-refractivity contribution in [2.75, 3.05) is 16.8 Å². The van der Waals surface area contributed by atoms with Gasteiger partial charge in [-0.3, -0.25) is 9.59 Å². The molecule has 2 aromatic carbocycles. The molecule has 0 fully saturated rings. The van der Waals surface area contributed by atoms with Crippen molar-refractivity contribution in [2.24, 2.45) is 0 Å². The van der Waals surface area contributed by atoms with Gasteiger partial charge in [-0.15, -0.1) is 0 Å². The number of hydrogen-bond donors (Lipinski definition) is 1. The van der Waals surface area contributed by atoms with Crippen molar-refractivity contribution in [1.29, 1.82) is 0 Å². The first-order chi connectivity index (χ1) is 10.5. The third kappa shape index (κ3) is 2.99. The SMILES string of the molecule is CC(=O)N1CCc2cc(C(=O)Nc3cccc(I)c3)ccc21. The van der Waals surface area contributed by atoms with Gasteiger partial charge in [0.15, 0.2) is 0 Å². The van der Waals surface area contributed by atoms with E-state index >= 15 is 0 Å². The zero-order chi connectivity index (χ0) is 15.7. The summed E-state index contributed by atoms with van der Waals surface area (Å²) >= 11 is 2.21. The van der Waals surface area contributed by atoms with Gasteiger partial charge in [0, 0.05) is 34.0 Å². The number of fused-ring (bicyclic) bond motifs is 1. The molecule has 1 N–H and O–H groups in total. The van der Waals surface area contributed by atoms with Crippen LogP contribution in [0.1, 0.15) is 22.8 Å². The second-order valence-corrected chi connectivity index (χ2v) is 6.47. The summed E-state index contributed by atoms with van der Waals surface area (Å²) in [6.45, 7) is 2.25. The zero-order valence-electron chi connectivity index (χ0n) is 12.1. The Labute approximate surface area is 142 Å². The molecular formula is C17H15IN2O2. The lowest BCUT2D eigenvalue weighted by atomic mass is 10.1. The molecule has 2 amide bonds. The summed E-state index contributed by atoms with van der Waals surface area (Å²) in [5, 5.41) is 2.90. The van der Waals surface area contributed by atoms with Gasteiger partial charge in [-0.2, -0.15) is 0 Å². The van der Waals surface area contributed by atoms with Crippen molar-refractivity contribution in [3.8, 4) is 0 Å². The fourth-order valence-electron chi connectivity index (χ4n) is 2.64. The Balaban J connectivity index is 1.81. The molecule has 0 bridgehead atoms. The number of benzene rings is 2. The van der Waals surface area contributed by atoms with E-state index in [4.69, 9.17) is 0 Å². The van der Waals surface area contributed by atoms with E-state index in [1.54, 1.807) is 17.9 Å². The van der Waals surface area contributed by atoms with E-state index < -0.39 is 0 Å². The number of rotatable bonds is 2. The Morgan fingerprint density at radius 1 is 1.18 bits per heavy atom. The number of nitrogens with one attached hydrogen (secondary N) is 1. The molecule has 5 heteroatoms. The van der Waals surface area contributed by atoms with Crippen LogP contribution in [-0.4, -0.2) is 18.4 Å². The van der Waals surface area contributed by atoms with Crippen LogP contribution >= 0.6 is 22.6 Å².